The largest absolute Gasteiger partial charge is 0.383 e. The van der Waals surface area contributed by atoms with Crippen LogP contribution in [0.1, 0.15) is 40.0 Å². The molecule has 1 heterocycles. The Morgan fingerprint density at radius 2 is 1.68 bits per heavy atom. The van der Waals surface area contributed by atoms with Crippen LogP contribution in [0.15, 0.2) is 83.7 Å². The number of hydrogen-bond donors (Lipinski definition) is 1. The van der Waals surface area contributed by atoms with Gasteiger partial charge in [-0.15, -0.1) is 11.8 Å². The van der Waals surface area contributed by atoms with E-state index < -0.39 is 7.92 Å². The van der Waals surface area contributed by atoms with E-state index in [0.29, 0.717) is 22.6 Å². The zero-order valence-corrected chi connectivity index (χ0v) is 22.8. The van der Waals surface area contributed by atoms with Gasteiger partial charge in [-0.1, -0.05) is 86.7 Å². The molecule has 0 aromatic heterocycles. The summed E-state index contributed by atoms with van der Waals surface area (Å²) in [5, 5.41) is 8.23. The number of methoxy groups -OCH3 is 1. The average molecular weight is 496 g/mol. The van der Waals surface area contributed by atoms with Gasteiger partial charge in [0.2, 0.25) is 0 Å². The molecule has 3 unspecified atom stereocenters. The topological polar surface area (TPSA) is 29.1 Å². The van der Waals surface area contributed by atoms with Crippen molar-refractivity contribution in [2.75, 3.05) is 20.3 Å². The summed E-state index contributed by atoms with van der Waals surface area (Å²) in [5.41, 5.74) is 4.12. The summed E-state index contributed by atoms with van der Waals surface area (Å²) in [6.45, 7) is 9.03. The lowest BCUT2D eigenvalue weighted by molar-refractivity contribution is -0.826. The summed E-state index contributed by atoms with van der Waals surface area (Å²) in [6, 6.07) is 23.2. The Morgan fingerprint density at radius 1 is 1.03 bits per heavy atom. The van der Waals surface area contributed by atoms with E-state index in [0.717, 1.165) is 19.6 Å². The van der Waals surface area contributed by atoms with Crippen LogP contribution in [0.3, 0.4) is 0 Å². The van der Waals surface area contributed by atoms with Crippen LogP contribution in [-0.2, 0) is 4.74 Å². The van der Waals surface area contributed by atoms with Crippen LogP contribution in [0.4, 0.5) is 0 Å². The third kappa shape index (κ3) is 6.22. The predicted molar refractivity (Wildman–Crippen MR) is 149 cm³/mol. The minimum atomic E-state index is -0.560. The van der Waals surface area contributed by atoms with Crippen molar-refractivity contribution in [2.45, 2.75) is 62.6 Å². The second kappa shape index (κ2) is 12.5. The summed E-state index contributed by atoms with van der Waals surface area (Å²) in [4.78, 5) is 0. The Morgan fingerprint density at radius 3 is 2.26 bits per heavy atom. The molecule has 2 N–H and O–H groups in total. The van der Waals surface area contributed by atoms with Gasteiger partial charge in [-0.25, -0.2) is 0 Å². The quantitative estimate of drug-likeness (QED) is 0.358. The van der Waals surface area contributed by atoms with E-state index in [2.05, 4.69) is 116 Å². The van der Waals surface area contributed by atoms with E-state index in [1.807, 2.05) is 7.11 Å². The SMILES string of the molecule is COCC1CCCN1[NH2+]C(C1=C(P(c2ccccc2)c2ccccc2)CC=C1)C(C)SC(C)C. The number of rotatable bonds is 11. The molecule has 3 atom stereocenters. The summed E-state index contributed by atoms with van der Waals surface area (Å²) in [7, 11) is 1.27. The maximum absolute atomic E-state index is 5.57. The Balaban J connectivity index is 1.74. The van der Waals surface area contributed by atoms with Crippen molar-refractivity contribution in [3.05, 3.63) is 83.7 Å². The fourth-order valence-electron chi connectivity index (χ4n) is 5.25. The Hall–Kier alpha value is -1.42. The molecule has 2 aromatic carbocycles. The van der Waals surface area contributed by atoms with Crippen LogP contribution in [0.5, 0.6) is 0 Å². The molecular weight excluding hydrogens is 455 g/mol. The molecule has 1 fully saturated rings. The molecule has 2 aliphatic rings. The molecule has 182 valence electrons. The highest BCUT2D eigenvalue weighted by atomic mass is 32.2. The number of allylic oxidation sites excluding steroid dienone is 2. The smallest absolute Gasteiger partial charge is 0.141 e. The van der Waals surface area contributed by atoms with Gasteiger partial charge in [0.1, 0.15) is 6.04 Å². The monoisotopic (exact) mass is 495 g/mol. The molecule has 0 bridgehead atoms. The molecule has 34 heavy (non-hydrogen) atoms. The van der Waals surface area contributed by atoms with Crippen molar-refractivity contribution < 1.29 is 10.2 Å². The van der Waals surface area contributed by atoms with Crippen molar-refractivity contribution in [3.63, 3.8) is 0 Å². The van der Waals surface area contributed by atoms with Crippen LogP contribution in [0.2, 0.25) is 0 Å². The maximum Gasteiger partial charge on any atom is 0.141 e. The van der Waals surface area contributed by atoms with Crippen molar-refractivity contribution >= 4 is 30.3 Å². The average Bonchev–Trinajstić information content (AvgIpc) is 3.48. The molecule has 2 aromatic rings. The summed E-state index contributed by atoms with van der Waals surface area (Å²) < 4.78 is 5.57. The number of thioether (sulfide) groups is 1. The molecule has 1 aliphatic carbocycles. The molecule has 0 spiro atoms. The fraction of sp³-hybridized carbons (Fsp3) is 0.448. The first-order valence-electron chi connectivity index (χ1n) is 12.6. The maximum atomic E-state index is 5.57. The van der Waals surface area contributed by atoms with Crippen LogP contribution in [0, 0.1) is 0 Å². The second-order valence-electron chi connectivity index (χ2n) is 9.57. The van der Waals surface area contributed by atoms with Gasteiger partial charge in [-0.05, 0) is 55.3 Å². The third-order valence-corrected chi connectivity index (χ3v) is 10.6. The first kappa shape index (κ1) is 25.7. The summed E-state index contributed by atoms with van der Waals surface area (Å²) in [6.07, 6.45) is 8.37. The second-order valence-corrected chi connectivity index (χ2v) is 13.8. The predicted octanol–water partition coefficient (Wildman–Crippen LogP) is 4.82. The van der Waals surface area contributed by atoms with Gasteiger partial charge < -0.3 is 4.74 Å². The normalized spacial score (nSPS) is 20.6. The van der Waals surface area contributed by atoms with Gasteiger partial charge in [-0.2, -0.15) is 5.01 Å². The number of ether oxygens (including phenoxy) is 1. The van der Waals surface area contributed by atoms with Gasteiger partial charge in [0, 0.05) is 19.2 Å². The lowest BCUT2D eigenvalue weighted by Crippen LogP contribution is -3.01. The van der Waals surface area contributed by atoms with E-state index in [1.165, 1.54) is 23.5 Å². The van der Waals surface area contributed by atoms with Crippen molar-refractivity contribution in [2.24, 2.45) is 0 Å². The minimum absolute atomic E-state index is 0.399. The van der Waals surface area contributed by atoms with Crippen molar-refractivity contribution in [3.8, 4) is 0 Å². The molecular formula is C29H40N2OPS+. The highest BCUT2D eigenvalue weighted by Gasteiger charge is 2.37. The molecule has 1 saturated heterocycles. The lowest BCUT2D eigenvalue weighted by atomic mass is 10.1. The standard InChI is InChI=1S/C29H39N2OPS/c1-22(2)34-23(3)29(30-31-20-12-13-24(31)21-32-4)27-18-11-19-28(27)33(25-14-7-5-8-15-25)26-16-9-6-10-17-26/h5-11,14-18,22-24,29-30H,12-13,19-21H2,1-4H3/p+1. The van der Waals surface area contributed by atoms with Crippen LogP contribution >= 0.6 is 19.7 Å². The van der Waals surface area contributed by atoms with E-state index >= 15 is 0 Å². The van der Waals surface area contributed by atoms with Crippen LogP contribution in [-0.4, -0.2) is 47.9 Å². The summed E-state index contributed by atoms with van der Waals surface area (Å²) >= 11 is 2.10. The number of hydrogen-bond acceptors (Lipinski definition) is 3. The highest BCUT2D eigenvalue weighted by Crippen LogP contribution is 2.49. The van der Waals surface area contributed by atoms with E-state index in [-0.39, 0.29) is 0 Å². The molecule has 0 radical (unpaired) electrons. The Kier molecular flexibility index (Phi) is 9.45. The molecule has 5 heteroatoms. The van der Waals surface area contributed by atoms with E-state index in [9.17, 15) is 0 Å². The lowest BCUT2D eigenvalue weighted by Gasteiger charge is -2.32. The van der Waals surface area contributed by atoms with Crippen molar-refractivity contribution in [1.29, 1.82) is 0 Å². The molecule has 3 nitrogen and oxygen atoms in total. The molecule has 1 aliphatic heterocycles. The Labute approximate surface area is 211 Å². The Bertz CT molecular complexity index is 923. The van der Waals surface area contributed by atoms with Crippen molar-refractivity contribution in [1.82, 2.24) is 5.01 Å². The van der Waals surface area contributed by atoms with E-state index in [4.69, 9.17) is 4.74 Å². The van der Waals surface area contributed by atoms with Crippen LogP contribution < -0.4 is 16.0 Å². The number of nitrogens with two attached hydrogens (primary N) is 1. The molecule has 0 amide bonds. The number of quaternary nitrogens is 1. The fourth-order valence-corrected chi connectivity index (χ4v) is 9.13. The van der Waals surface area contributed by atoms with Gasteiger partial charge in [0.15, 0.2) is 0 Å². The molecule has 0 saturated carbocycles. The number of benzene rings is 2. The first-order chi connectivity index (χ1) is 16.6. The first-order valence-corrected chi connectivity index (χ1v) is 14.9. The zero-order valence-electron chi connectivity index (χ0n) is 21.1. The number of nitrogens with zero attached hydrogens (tertiary/aromatic N) is 1. The molecule has 4 rings (SSSR count). The zero-order chi connectivity index (χ0) is 23.9. The third-order valence-electron chi connectivity index (χ3n) is 6.73. The highest BCUT2D eigenvalue weighted by molar-refractivity contribution is 8.00. The van der Waals surface area contributed by atoms with Gasteiger partial charge in [0.25, 0.3) is 0 Å². The minimum Gasteiger partial charge on any atom is -0.383 e. The van der Waals surface area contributed by atoms with E-state index in [1.54, 1.807) is 10.9 Å². The van der Waals surface area contributed by atoms with Crippen LogP contribution in [0.25, 0.3) is 0 Å². The van der Waals surface area contributed by atoms with Gasteiger partial charge in [-0.3, -0.25) is 5.43 Å². The van der Waals surface area contributed by atoms with Gasteiger partial charge in [0.05, 0.1) is 17.9 Å². The summed E-state index contributed by atoms with van der Waals surface area (Å²) in [5.74, 6) is 0. The van der Waals surface area contributed by atoms with Gasteiger partial charge >= 0.3 is 0 Å².